The van der Waals surface area contributed by atoms with Crippen molar-refractivity contribution in [2.45, 2.75) is 18.8 Å². The molecule has 0 saturated carbocycles. The summed E-state index contributed by atoms with van der Waals surface area (Å²) in [5, 5.41) is 8.35. The molecule has 0 aromatic carbocycles. The number of hydrazine groups is 1. The normalized spacial score (nSPS) is 28.2. The van der Waals surface area contributed by atoms with Crippen LogP contribution in [0.1, 0.15) is 6.92 Å². The molecular formula is C6H7F3N2O2. The minimum absolute atomic E-state index is 0.193. The van der Waals surface area contributed by atoms with Gasteiger partial charge in [-0.3, -0.25) is 0 Å². The molecule has 0 bridgehead atoms. The Morgan fingerprint density at radius 3 is 2.38 bits per heavy atom. The van der Waals surface area contributed by atoms with Gasteiger partial charge in [-0.2, -0.15) is 0 Å². The number of nitrogens with zero attached hydrogens (tertiary/aromatic N) is 1. The fraction of sp³-hybridized carbons (Fsp3) is 0.500. The van der Waals surface area contributed by atoms with Crippen molar-refractivity contribution in [3.05, 3.63) is 12.3 Å². The molecule has 74 valence electrons. The van der Waals surface area contributed by atoms with Crippen molar-refractivity contribution in [3.8, 4) is 0 Å². The summed E-state index contributed by atoms with van der Waals surface area (Å²) in [5.41, 5.74) is 0.119. The molecule has 1 aliphatic rings. The van der Waals surface area contributed by atoms with Gasteiger partial charge in [-0.05, 0) is 13.0 Å². The molecule has 1 rings (SSSR count). The number of rotatable bonds is 1. The lowest BCUT2D eigenvalue weighted by Gasteiger charge is -2.25. The van der Waals surface area contributed by atoms with Crippen molar-refractivity contribution in [1.82, 2.24) is 10.4 Å². The SMILES string of the molecule is CC1(C(=O)O)C=CN(C(F)(F)F)N1. The quantitative estimate of drug-likeness (QED) is 0.605. The van der Waals surface area contributed by atoms with Gasteiger partial charge in [0.1, 0.15) is 0 Å². The van der Waals surface area contributed by atoms with Gasteiger partial charge in [-0.1, -0.05) is 0 Å². The average Bonchev–Trinajstić information content (AvgIpc) is 2.31. The van der Waals surface area contributed by atoms with E-state index in [-0.39, 0.29) is 5.01 Å². The van der Waals surface area contributed by atoms with E-state index in [1.165, 1.54) is 0 Å². The summed E-state index contributed by atoms with van der Waals surface area (Å²) in [6.07, 6.45) is -3.03. The summed E-state index contributed by atoms with van der Waals surface area (Å²) in [6, 6.07) is 0. The molecular weight excluding hydrogens is 189 g/mol. The number of nitrogens with one attached hydrogen (secondary N) is 1. The number of hydrogen-bond acceptors (Lipinski definition) is 3. The van der Waals surface area contributed by atoms with Crippen LogP contribution in [0.3, 0.4) is 0 Å². The smallest absolute Gasteiger partial charge is 0.480 e. The maximum absolute atomic E-state index is 12.0. The zero-order chi connectivity index (χ0) is 10.3. The largest absolute Gasteiger partial charge is 0.498 e. The van der Waals surface area contributed by atoms with Crippen molar-refractivity contribution >= 4 is 5.97 Å². The molecule has 7 heteroatoms. The maximum Gasteiger partial charge on any atom is 0.498 e. The Bertz CT molecular complexity index is 263. The second-order valence-corrected chi connectivity index (χ2v) is 2.77. The van der Waals surface area contributed by atoms with Crippen LogP contribution >= 0.6 is 0 Å². The summed E-state index contributed by atoms with van der Waals surface area (Å²) >= 11 is 0. The van der Waals surface area contributed by atoms with E-state index >= 15 is 0 Å². The molecule has 0 amide bonds. The maximum atomic E-state index is 12.0. The number of carboxylic acid groups (broad SMARTS) is 1. The monoisotopic (exact) mass is 196 g/mol. The molecule has 0 aromatic heterocycles. The highest BCUT2D eigenvalue weighted by molar-refractivity contribution is 5.81. The first kappa shape index (κ1) is 9.85. The molecule has 0 aromatic rings. The van der Waals surface area contributed by atoms with Crippen LogP contribution in [0, 0.1) is 0 Å². The molecule has 1 heterocycles. The fourth-order valence-corrected chi connectivity index (χ4v) is 0.815. The van der Waals surface area contributed by atoms with Gasteiger partial charge in [0.25, 0.3) is 0 Å². The Kier molecular flexibility index (Phi) is 1.99. The topological polar surface area (TPSA) is 52.6 Å². The third kappa shape index (κ3) is 1.74. The zero-order valence-electron chi connectivity index (χ0n) is 6.59. The molecule has 0 spiro atoms. The van der Waals surface area contributed by atoms with E-state index in [1.807, 2.05) is 0 Å². The summed E-state index contributed by atoms with van der Waals surface area (Å²) in [7, 11) is 0. The lowest BCUT2D eigenvalue weighted by molar-refractivity contribution is -0.245. The van der Waals surface area contributed by atoms with Crippen LogP contribution in [0.15, 0.2) is 12.3 Å². The van der Waals surface area contributed by atoms with Gasteiger partial charge in [0.15, 0.2) is 5.54 Å². The van der Waals surface area contributed by atoms with Crippen molar-refractivity contribution in [1.29, 1.82) is 0 Å². The highest BCUT2D eigenvalue weighted by Crippen LogP contribution is 2.26. The van der Waals surface area contributed by atoms with Gasteiger partial charge in [-0.25, -0.2) is 15.2 Å². The molecule has 0 aliphatic carbocycles. The first-order chi connectivity index (χ1) is 5.76. The number of carbonyl (C=O) groups is 1. The first-order valence-corrected chi connectivity index (χ1v) is 3.32. The molecule has 0 radical (unpaired) electrons. The van der Waals surface area contributed by atoms with E-state index in [0.717, 1.165) is 13.0 Å². The van der Waals surface area contributed by atoms with Crippen LogP contribution < -0.4 is 5.43 Å². The van der Waals surface area contributed by atoms with E-state index in [9.17, 15) is 18.0 Å². The van der Waals surface area contributed by atoms with Crippen LogP contribution in [0.5, 0.6) is 0 Å². The Labute approximate surface area is 71.6 Å². The molecule has 0 saturated heterocycles. The second kappa shape index (κ2) is 2.63. The van der Waals surface area contributed by atoms with Crippen LogP contribution in [0.25, 0.3) is 0 Å². The molecule has 13 heavy (non-hydrogen) atoms. The molecule has 1 aliphatic heterocycles. The second-order valence-electron chi connectivity index (χ2n) is 2.77. The highest BCUT2D eigenvalue weighted by Gasteiger charge is 2.45. The summed E-state index contributed by atoms with van der Waals surface area (Å²) in [6.45, 7) is 1.14. The van der Waals surface area contributed by atoms with E-state index < -0.39 is 17.8 Å². The number of halogens is 3. The van der Waals surface area contributed by atoms with Gasteiger partial charge in [0.2, 0.25) is 0 Å². The standard InChI is InChI=1S/C6H7F3N2O2/c1-5(4(12)13)2-3-11(10-5)6(7,8)9/h2-3,10H,1H3,(H,12,13). The third-order valence-electron chi connectivity index (χ3n) is 1.63. The van der Waals surface area contributed by atoms with Crippen LogP contribution in [0.2, 0.25) is 0 Å². The lowest BCUT2D eigenvalue weighted by Crippen LogP contribution is -2.53. The molecule has 2 N–H and O–H groups in total. The van der Waals surface area contributed by atoms with E-state index in [4.69, 9.17) is 5.11 Å². The van der Waals surface area contributed by atoms with Crippen LogP contribution in [-0.4, -0.2) is 27.9 Å². The fourth-order valence-electron chi connectivity index (χ4n) is 0.815. The van der Waals surface area contributed by atoms with Gasteiger partial charge < -0.3 is 5.11 Å². The number of hydrogen-bond donors (Lipinski definition) is 2. The summed E-state index contributed by atoms with van der Waals surface area (Å²) in [4.78, 5) is 10.5. The Balaban J connectivity index is 2.77. The Hall–Kier alpha value is -1.24. The zero-order valence-corrected chi connectivity index (χ0v) is 6.59. The van der Waals surface area contributed by atoms with Crippen molar-refractivity contribution < 1.29 is 23.1 Å². The minimum Gasteiger partial charge on any atom is -0.480 e. The molecule has 1 unspecified atom stereocenters. The molecule has 0 fully saturated rings. The number of carboxylic acids is 1. The minimum atomic E-state index is -4.61. The third-order valence-corrected chi connectivity index (χ3v) is 1.63. The van der Waals surface area contributed by atoms with Gasteiger partial charge in [-0.15, -0.1) is 13.2 Å². The van der Waals surface area contributed by atoms with Gasteiger partial charge in [0, 0.05) is 6.20 Å². The van der Waals surface area contributed by atoms with Crippen molar-refractivity contribution in [2.24, 2.45) is 0 Å². The number of alkyl halides is 3. The highest BCUT2D eigenvalue weighted by atomic mass is 19.4. The first-order valence-electron chi connectivity index (χ1n) is 3.32. The summed E-state index contributed by atoms with van der Waals surface area (Å²) < 4.78 is 36.0. The van der Waals surface area contributed by atoms with E-state index in [2.05, 4.69) is 0 Å². The average molecular weight is 196 g/mol. The molecule has 1 atom stereocenters. The van der Waals surface area contributed by atoms with E-state index in [0.29, 0.717) is 6.20 Å². The lowest BCUT2D eigenvalue weighted by atomic mass is 10.1. The van der Waals surface area contributed by atoms with Crippen molar-refractivity contribution in [2.75, 3.05) is 0 Å². The van der Waals surface area contributed by atoms with Crippen molar-refractivity contribution in [3.63, 3.8) is 0 Å². The van der Waals surface area contributed by atoms with Crippen LogP contribution in [-0.2, 0) is 4.79 Å². The predicted octanol–water partition coefficient (Wildman–Crippen LogP) is 0.683. The Morgan fingerprint density at radius 2 is 2.15 bits per heavy atom. The van der Waals surface area contributed by atoms with Crippen LogP contribution in [0.4, 0.5) is 13.2 Å². The summed E-state index contributed by atoms with van der Waals surface area (Å²) in [5.74, 6) is -1.37. The van der Waals surface area contributed by atoms with Gasteiger partial charge in [0.05, 0.1) is 0 Å². The van der Waals surface area contributed by atoms with E-state index in [1.54, 1.807) is 5.43 Å². The molecule has 4 nitrogen and oxygen atoms in total. The van der Waals surface area contributed by atoms with Gasteiger partial charge >= 0.3 is 12.3 Å². The Morgan fingerprint density at radius 1 is 1.62 bits per heavy atom. The predicted molar refractivity (Wildman–Crippen MR) is 36.2 cm³/mol. The number of aliphatic carboxylic acids is 1.